The minimum atomic E-state index is -0.249. The van der Waals surface area contributed by atoms with Crippen LogP contribution in [0.3, 0.4) is 0 Å². The van der Waals surface area contributed by atoms with Gasteiger partial charge in [0.25, 0.3) is 0 Å². The second kappa shape index (κ2) is 6.16. The standard InChI is InChI=1S/C8H17NO2/c1-3-5-6-7(4-2)8(10)9-11/h7,11H,3-6H2,1-2H3,(H,9,10)/t7-/m1/s1. The van der Waals surface area contributed by atoms with Gasteiger partial charge in [-0.25, -0.2) is 5.48 Å². The normalized spacial score (nSPS) is 12.6. The minimum Gasteiger partial charge on any atom is -0.289 e. The Kier molecular flexibility index (Phi) is 5.84. The molecule has 66 valence electrons. The van der Waals surface area contributed by atoms with Gasteiger partial charge in [0.2, 0.25) is 5.91 Å². The van der Waals surface area contributed by atoms with E-state index in [0.29, 0.717) is 0 Å². The molecule has 1 atom stereocenters. The Bertz CT molecular complexity index is 115. The number of hydrogen-bond donors (Lipinski definition) is 2. The monoisotopic (exact) mass is 159 g/mol. The zero-order chi connectivity index (χ0) is 8.69. The summed E-state index contributed by atoms with van der Waals surface area (Å²) < 4.78 is 0. The highest BCUT2D eigenvalue weighted by Gasteiger charge is 2.13. The van der Waals surface area contributed by atoms with Crippen molar-refractivity contribution in [2.24, 2.45) is 5.92 Å². The van der Waals surface area contributed by atoms with Gasteiger partial charge in [-0.2, -0.15) is 0 Å². The summed E-state index contributed by atoms with van der Waals surface area (Å²) in [5, 5.41) is 8.34. The third-order valence-electron chi connectivity index (χ3n) is 1.88. The largest absolute Gasteiger partial charge is 0.289 e. The van der Waals surface area contributed by atoms with Crippen molar-refractivity contribution in [2.75, 3.05) is 0 Å². The van der Waals surface area contributed by atoms with Gasteiger partial charge in [0.1, 0.15) is 0 Å². The van der Waals surface area contributed by atoms with Crippen LogP contribution >= 0.6 is 0 Å². The summed E-state index contributed by atoms with van der Waals surface area (Å²) >= 11 is 0. The van der Waals surface area contributed by atoms with Crippen molar-refractivity contribution < 1.29 is 10.0 Å². The van der Waals surface area contributed by atoms with Crippen molar-refractivity contribution >= 4 is 5.91 Å². The Morgan fingerprint density at radius 2 is 2.18 bits per heavy atom. The molecule has 0 spiro atoms. The lowest BCUT2D eigenvalue weighted by molar-refractivity contribution is -0.133. The molecule has 0 rings (SSSR count). The molecule has 0 aromatic carbocycles. The fourth-order valence-corrected chi connectivity index (χ4v) is 1.06. The molecule has 0 heterocycles. The number of rotatable bonds is 5. The Labute approximate surface area is 67.8 Å². The maximum absolute atomic E-state index is 10.9. The lowest BCUT2D eigenvalue weighted by Gasteiger charge is -2.10. The first kappa shape index (κ1) is 10.4. The first-order chi connectivity index (χ1) is 5.26. The molecular formula is C8H17NO2. The van der Waals surface area contributed by atoms with Crippen molar-refractivity contribution in [3.63, 3.8) is 0 Å². The van der Waals surface area contributed by atoms with Crippen molar-refractivity contribution in [1.29, 1.82) is 0 Å². The van der Waals surface area contributed by atoms with Gasteiger partial charge in [0.15, 0.2) is 0 Å². The summed E-state index contributed by atoms with van der Waals surface area (Å²) in [5.41, 5.74) is 1.69. The van der Waals surface area contributed by atoms with Crippen LogP contribution in [0.5, 0.6) is 0 Å². The lowest BCUT2D eigenvalue weighted by atomic mass is 9.99. The summed E-state index contributed by atoms with van der Waals surface area (Å²) in [7, 11) is 0. The molecule has 0 radical (unpaired) electrons. The minimum absolute atomic E-state index is 0.0139. The van der Waals surface area contributed by atoms with Crippen LogP contribution < -0.4 is 5.48 Å². The van der Waals surface area contributed by atoms with E-state index in [1.807, 2.05) is 6.92 Å². The predicted molar refractivity (Wildman–Crippen MR) is 43.2 cm³/mol. The summed E-state index contributed by atoms with van der Waals surface area (Å²) in [6, 6.07) is 0. The third kappa shape index (κ3) is 3.98. The molecule has 0 aromatic heterocycles. The topological polar surface area (TPSA) is 49.3 Å². The highest BCUT2D eigenvalue weighted by Crippen LogP contribution is 2.11. The molecule has 0 fully saturated rings. The maximum atomic E-state index is 10.9. The summed E-state index contributed by atoms with van der Waals surface area (Å²) in [6.07, 6.45) is 3.81. The van der Waals surface area contributed by atoms with Gasteiger partial charge >= 0.3 is 0 Å². The van der Waals surface area contributed by atoms with Gasteiger partial charge in [-0.1, -0.05) is 26.7 Å². The molecular weight excluding hydrogens is 142 g/mol. The number of hydrogen-bond acceptors (Lipinski definition) is 2. The molecule has 0 bridgehead atoms. The lowest BCUT2D eigenvalue weighted by Crippen LogP contribution is -2.27. The van der Waals surface area contributed by atoms with Gasteiger partial charge in [0.05, 0.1) is 0 Å². The van der Waals surface area contributed by atoms with Crippen LogP contribution in [-0.4, -0.2) is 11.1 Å². The number of nitrogens with one attached hydrogen (secondary N) is 1. The fourth-order valence-electron chi connectivity index (χ4n) is 1.06. The first-order valence-corrected chi connectivity index (χ1v) is 4.20. The van der Waals surface area contributed by atoms with Crippen molar-refractivity contribution in [2.45, 2.75) is 39.5 Å². The second-order valence-electron chi connectivity index (χ2n) is 2.72. The molecule has 1 amide bonds. The van der Waals surface area contributed by atoms with Crippen molar-refractivity contribution in [3.8, 4) is 0 Å². The van der Waals surface area contributed by atoms with E-state index in [1.165, 1.54) is 0 Å². The van der Waals surface area contributed by atoms with Gasteiger partial charge in [-0.3, -0.25) is 10.0 Å². The SMILES string of the molecule is CCCC[C@@H](CC)C(=O)NO. The summed E-state index contributed by atoms with van der Waals surface area (Å²) in [4.78, 5) is 10.9. The zero-order valence-electron chi connectivity index (χ0n) is 7.26. The number of hydroxylamine groups is 1. The Hall–Kier alpha value is -0.570. The van der Waals surface area contributed by atoms with E-state index in [0.717, 1.165) is 25.7 Å². The van der Waals surface area contributed by atoms with E-state index in [1.54, 1.807) is 5.48 Å². The molecule has 0 unspecified atom stereocenters. The summed E-state index contributed by atoms with van der Waals surface area (Å²) in [6.45, 7) is 4.04. The average Bonchev–Trinajstić information content (AvgIpc) is 2.05. The fraction of sp³-hybridized carbons (Fsp3) is 0.875. The Morgan fingerprint density at radius 3 is 2.55 bits per heavy atom. The van der Waals surface area contributed by atoms with E-state index in [-0.39, 0.29) is 11.8 Å². The molecule has 0 saturated carbocycles. The molecule has 0 aliphatic carbocycles. The first-order valence-electron chi connectivity index (χ1n) is 4.20. The van der Waals surface area contributed by atoms with E-state index in [2.05, 4.69) is 6.92 Å². The average molecular weight is 159 g/mol. The smallest absolute Gasteiger partial charge is 0.246 e. The van der Waals surface area contributed by atoms with E-state index in [9.17, 15) is 4.79 Å². The molecule has 11 heavy (non-hydrogen) atoms. The molecule has 3 nitrogen and oxygen atoms in total. The van der Waals surface area contributed by atoms with Gasteiger partial charge in [-0.15, -0.1) is 0 Å². The molecule has 3 heteroatoms. The Balaban J connectivity index is 3.65. The van der Waals surface area contributed by atoms with Gasteiger partial charge in [0, 0.05) is 5.92 Å². The quantitative estimate of drug-likeness (QED) is 0.474. The van der Waals surface area contributed by atoms with Crippen LogP contribution in [0.4, 0.5) is 0 Å². The van der Waals surface area contributed by atoms with Gasteiger partial charge in [-0.05, 0) is 12.8 Å². The van der Waals surface area contributed by atoms with Crippen LogP contribution in [0, 0.1) is 5.92 Å². The van der Waals surface area contributed by atoms with Gasteiger partial charge < -0.3 is 0 Å². The second-order valence-corrected chi connectivity index (χ2v) is 2.72. The van der Waals surface area contributed by atoms with E-state index < -0.39 is 0 Å². The third-order valence-corrected chi connectivity index (χ3v) is 1.88. The molecule has 0 saturated heterocycles. The van der Waals surface area contributed by atoms with E-state index >= 15 is 0 Å². The number of unbranched alkanes of at least 4 members (excludes halogenated alkanes) is 1. The van der Waals surface area contributed by atoms with Crippen LogP contribution in [0.2, 0.25) is 0 Å². The highest BCUT2D eigenvalue weighted by atomic mass is 16.5. The number of amides is 1. The van der Waals surface area contributed by atoms with Crippen molar-refractivity contribution in [1.82, 2.24) is 5.48 Å². The Morgan fingerprint density at radius 1 is 1.55 bits per heavy atom. The highest BCUT2D eigenvalue weighted by molar-refractivity contribution is 5.77. The number of carbonyl (C=O) groups is 1. The maximum Gasteiger partial charge on any atom is 0.246 e. The van der Waals surface area contributed by atoms with Crippen molar-refractivity contribution in [3.05, 3.63) is 0 Å². The molecule has 0 aromatic rings. The van der Waals surface area contributed by atoms with Crippen LogP contribution in [0.15, 0.2) is 0 Å². The molecule has 2 N–H and O–H groups in total. The van der Waals surface area contributed by atoms with E-state index in [4.69, 9.17) is 5.21 Å². The van der Waals surface area contributed by atoms with Crippen LogP contribution in [0.25, 0.3) is 0 Å². The molecule has 0 aliphatic rings. The van der Waals surface area contributed by atoms with Crippen LogP contribution in [0.1, 0.15) is 39.5 Å². The number of carbonyl (C=O) groups excluding carboxylic acids is 1. The van der Waals surface area contributed by atoms with Crippen LogP contribution in [-0.2, 0) is 4.79 Å². The predicted octanol–water partition coefficient (Wildman–Crippen LogP) is 1.71. The zero-order valence-corrected chi connectivity index (χ0v) is 7.26. The molecule has 0 aliphatic heterocycles. The summed E-state index contributed by atoms with van der Waals surface area (Å²) in [5.74, 6) is -0.263.